The van der Waals surface area contributed by atoms with E-state index in [-0.39, 0.29) is 0 Å². The lowest BCUT2D eigenvalue weighted by Gasteiger charge is -2.33. The van der Waals surface area contributed by atoms with Gasteiger partial charge < -0.3 is 5.32 Å². The van der Waals surface area contributed by atoms with Crippen LogP contribution in [0.25, 0.3) is 0 Å². The normalized spacial score (nSPS) is 22.6. The van der Waals surface area contributed by atoms with Crippen LogP contribution in [-0.2, 0) is 6.42 Å². The molecule has 1 nitrogen and oxygen atoms in total. The second-order valence-electron chi connectivity index (χ2n) is 5.96. The van der Waals surface area contributed by atoms with Crippen LogP contribution in [0.3, 0.4) is 0 Å². The van der Waals surface area contributed by atoms with Crippen LogP contribution in [0.2, 0.25) is 0 Å². The fourth-order valence-electron chi connectivity index (χ4n) is 3.39. The third-order valence-corrected chi connectivity index (χ3v) is 4.42. The number of hydrogen-bond acceptors (Lipinski definition) is 1. The summed E-state index contributed by atoms with van der Waals surface area (Å²) in [5.41, 5.74) is 4.35. The fourth-order valence-corrected chi connectivity index (χ4v) is 3.39. The summed E-state index contributed by atoms with van der Waals surface area (Å²) >= 11 is 0. The maximum atomic E-state index is 3.57. The van der Waals surface area contributed by atoms with Gasteiger partial charge in [-0.2, -0.15) is 0 Å². The first-order chi connectivity index (χ1) is 9.83. The SMILES string of the molecule is Cc1cccc(C2CCNCC2Cc2ccccc2)c1. The predicted octanol–water partition coefficient (Wildman–Crippen LogP) is 3.93. The molecule has 1 saturated heterocycles. The zero-order chi connectivity index (χ0) is 13.8. The minimum Gasteiger partial charge on any atom is -0.316 e. The Morgan fingerprint density at radius 2 is 1.90 bits per heavy atom. The van der Waals surface area contributed by atoms with E-state index in [2.05, 4.69) is 66.8 Å². The molecule has 0 bridgehead atoms. The van der Waals surface area contributed by atoms with Crippen LogP contribution < -0.4 is 5.32 Å². The van der Waals surface area contributed by atoms with E-state index < -0.39 is 0 Å². The van der Waals surface area contributed by atoms with Gasteiger partial charge in [-0.15, -0.1) is 0 Å². The number of rotatable bonds is 3. The average molecular weight is 265 g/mol. The summed E-state index contributed by atoms with van der Waals surface area (Å²) in [6.45, 7) is 4.47. The fraction of sp³-hybridized carbons (Fsp3) is 0.368. The van der Waals surface area contributed by atoms with Crippen LogP contribution in [0.15, 0.2) is 54.6 Å². The molecule has 1 aliphatic heterocycles. The highest BCUT2D eigenvalue weighted by atomic mass is 14.9. The Morgan fingerprint density at radius 1 is 1.05 bits per heavy atom. The summed E-state index contributed by atoms with van der Waals surface area (Å²) < 4.78 is 0. The predicted molar refractivity (Wildman–Crippen MR) is 85.0 cm³/mol. The van der Waals surface area contributed by atoms with E-state index in [1.54, 1.807) is 0 Å². The Labute approximate surface area is 122 Å². The molecule has 2 aromatic rings. The monoisotopic (exact) mass is 265 g/mol. The molecule has 3 rings (SSSR count). The summed E-state index contributed by atoms with van der Waals surface area (Å²) in [5, 5.41) is 3.57. The topological polar surface area (TPSA) is 12.0 Å². The van der Waals surface area contributed by atoms with E-state index in [1.165, 1.54) is 29.5 Å². The molecular formula is C19H23N. The number of nitrogens with one attached hydrogen (secondary N) is 1. The van der Waals surface area contributed by atoms with Crippen LogP contribution in [0.5, 0.6) is 0 Å². The highest BCUT2D eigenvalue weighted by Crippen LogP contribution is 2.32. The van der Waals surface area contributed by atoms with Gasteiger partial charge in [0.2, 0.25) is 0 Å². The lowest BCUT2D eigenvalue weighted by Crippen LogP contribution is -2.36. The third-order valence-electron chi connectivity index (χ3n) is 4.42. The van der Waals surface area contributed by atoms with Crippen molar-refractivity contribution in [1.82, 2.24) is 5.32 Å². The van der Waals surface area contributed by atoms with Crippen LogP contribution in [0, 0.1) is 12.8 Å². The maximum Gasteiger partial charge on any atom is -0.00115 e. The number of piperidine rings is 1. The average Bonchev–Trinajstić information content (AvgIpc) is 2.49. The zero-order valence-corrected chi connectivity index (χ0v) is 12.2. The first-order valence-electron chi connectivity index (χ1n) is 7.64. The molecule has 0 spiro atoms. The van der Waals surface area contributed by atoms with Crippen molar-refractivity contribution >= 4 is 0 Å². The molecule has 0 radical (unpaired) electrons. The number of aryl methyl sites for hydroxylation is 1. The highest BCUT2D eigenvalue weighted by molar-refractivity contribution is 5.27. The van der Waals surface area contributed by atoms with Gasteiger partial charge in [0.25, 0.3) is 0 Å². The molecule has 1 heteroatoms. The van der Waals surface area contributed by atoms with E-state index in [1.807, 2.05) is 0 Å². The molecule has 1 N–H and O–H groups in total. The zero-order valence-electron chi connectivity index (χ0n) is 12.2. The lowest BCUT2D eigenvalue weighted by molar-refractivity contribution is 0.324. The van der Waals surface area contributed by atoms with Crippen molar-refractivity contribution in [3.05, 3.63) is 71.3 Å². The molecule has 104 valence electrons. The largest absolute Gasteiger partial charge is 0.316 e. The summed E-state index contributed by atoms with van der Waals surface area (Å²) in [7, 11) is 0. The molecule has 1 fully saturated rings. The Hall–Kier alpha value is -1.60. The van der Waals surface area contributed by atoms with Gasteiger partial charge in [-0.25, -0.2) is 0 Å². The van der Waals surface area contributed by atoms with E-state index in [4.69, 9.17) is 0 Å². The van der Waals surface area contributed by atoms with E-state index >= 15 is 0 Å². The molecule has 2 aromatic carbocycles. The molecule has 1 aliphatic rings. The van der Waals surface area contributed by atoms with Gasteiger partial charge in [-0.1, -0.05) is 60.2 Å². The van der Waals surface area contributed by atoms with Gasteiger partial charge in [-0.05, 0) is 55.8 Å². The summed E-state index contributed by atoms with van der Waals surface area (Å²) in [4.78, 5) is 0. The number of benzene rings is 2. The van der Waals surface area contributed by atoms with Crippen molar-refractivity contribution in [1.29, 1.82) is 0 Å². The summed E-state index contributed by atoms with van der Waals surface area (Å²) in [5.74, 6) is 1.39. The Bertz CT molecular complexity index is 547. The first-order valence-corrected chi connectivity index (χ1v) is 7.64. The van der Waals surface area contributed by atoms with Gasteiger partial charge in [0, 0.05) is 0 Å². The second kappa shape index (κ2) is 6.23. The molecule has 20 heavy (non-hydrogen) atoms. The van der Waals surface area contributed by atoms with E-state index in [9.17, 15) is 0 Å². The van der Waals surface area contributed by atoms with Crippen molar-refractivity contribution in [2.75, 3.05) is 13.1 Å². The minimum atomic E-state index is 0.691. The lowest BCUT2D eigenvalue weighted by atomic mass is 9.78. The summed E-state index contributed by atoms with van der Waals surface area (Å²) in [6.07, 6.45) is 2.42. The first kappa shape index (κ1) is 13.4. The maximum absolute atomic E-state index is 3.57. The molecule has 0 aliphatic carbocycles. The number of hydrogen-bond donors (Lipinski definition) is 1. The molecule has 2 unspecified atom stereocenters. The van der Waals surface area contributed by atoms with Crippen LogP contribution in [0.1, 0.15) is 29.0 Å². The van der Waals surface area contributed by atoms with Crippen LogP contribution in [-0.4, -0.2) is 13.1 Å². The van der Waals surface area contributed by atoms with Gasteiger partial charge in [0.05, 0.1) is 0 Å². The second-order valence-corrected chi connectivity index (χ2v) is 5.96. The molecule has 1 heterocycles. The Kier molecular flexibility index (Phi) is 4.17. The van der Waals surface area contributed by atoms with E-state index in [0.717, 1.165) is 13.1 Å². The van der Waals surface area contributed by atoms with Crippen molar-refractivity contribution in [3.63, 3.8) is 0 Å². The standard InChI is InChI=1S/C19H23N/c1-15-6-5-9-17(12-15)19-10-11-20-14-18(19)13-16-7-3-2-4-8-16/h2-9,12,18-20H,10-11,13-14H2,1H3. The molecule has 0 amide bonds. The van der Waals surface area contributed by atoms with Gasteiger partial charge in [0.15, 0.2) is 0 Å². The van der Waals surface area contributed by atoms with Gasteiger partial charge >= 0.3 is 0 Å². The van der Waals surface area contributed by atoms with Crippen LogP contribution in [0.4, 0.5) is 0 Å². The Balaban J connectivity index is 1.80. The third kappa shape index (κ3) is 3.10. The van der Waals surface area contributed by atoms with Crippen molar-refractivity contribution < 1.29 is 0 Å². The molecule has 0 aromatic heterocycles. The smallest absolute Gasteiger partial charge is 0.00115 e. The molecule has 0 saturated carbocycles. The minimum absolute atomic E-state index is 0.691. The molecular weight excluding hydrogens is 242 g/mol. The van der Waals surface area contributed by atoms with Gasteiger partial charge in [-0.3, -0.25) is 0 Å². The summed E-state index contributed by atoms with van der Waals surface area (Å²) in [6, 6.07) is 20.0. The van der Waals surface area contributed by atoms with Crippen molar-refractivity contribution in [2.45, 2.75) is 25.7 Å². The van der Waals surface area contributed by atoms with Crippen LogP contribution >= 0.6 is 0 Å². The van der Waals surface area contributed by atoms with E-state index in [0.29, 0.717) is 11.8 Å². The molecule has 2 atom stereocenters. The highest BCUT2D eigenvalue weighted by Gasteiger charge is 2.26. The van der Waals surface area contributed by atoms with Gasteiger partial charge in [0.1, 0.15) is 0 Å². The quantitative estimate of drug-likeness (QED) is 0.886. The van der Waals surface area contributed by atoms with Crippen molar-refractivity contribution in [3.8, 4) is 0 Å². The van der Waals surface area contributed by atoms with Crippen molar-refractivity contribution in [2.24, 2.45) is 5.92 Å². The Morgan fingerprint density at radius 3 is 2.70 bits per heavy atom.